The average Bonchev–Trinajstić information content (AvgIpc) is 2.83. The first-order chi connectivity index (χ1) is 8.09. The topological polar surface area (TPSA) is 46.6 Å². The van der Waals surface area contributed by atoms with Crippen LogP contribution >= 0.6 is 11.6 Å². The number of hydrogen-bond acceptors (Lipinski definition) is 4. The number of halogens is 1. The average molecular weight is 278 g/mol. The van der Waals surface area contributed by atoms with Crippen molar-refractivity contribution in [3.8, 4) is 0 Å². The van der Waals surface area contributed by atoms with Crippen molar-refractivity contribution in [3.05, 3.63) is 12.2 Å². The molecule has 96 valence electrons. The second-order valence-electron chi connectivity index (χ2n) is 4.93. The summed E-state index contributed by atoms with van der Waals surface area (Å²) in [5.74, 6) is 0. The highest BCUT2D eigenvalue weighted by Crippen LogP contribution is 2.52. The first kappa shape index (κ1) is 12.0. The number of hydrogen-bond donors (Lipinski definition) is 0. The molecule has 17 heavy (non-hydrogen) atoms. The van der Waals surface area contributed by atoms with E-state index in [4.69, 9.17) is 16.3 Å². The Balaban J connectivity index is 1.89. The zero-order valence-electron chi connectivity index (χ0n) is 9.51. The van der Waals surface area contributed by atoms with E-state index in [0.29, 0.717) is 26.1 Å². The van der Waals surface area contributed by atoms with Gasteiger partial charge in [-0.05, 0) is 12.8 Å². The fourth-order valence-corrected chi connectivity index (χ4v) is 6.49. The maximum absolute atomic E-state index is 12.2. The zero-order chi connectivity index (χ0) is 12.1. The van der Waals surface area contributed by atoms with Gasteiger partial charge in [0, 0.05) is 13.1 Å². The van der Waals surface area contributed by atoms with Crippen LogP contribution in [0.2, 0.25) is 0 Å². The molecule has 0 aromatic carbocycles. The molecule has 0 aromatic rings. The summed E-state index contributed by atoms with van der Waals surface area (Å²) in [6.45, 7) is 2.91. The van der Waals surface area contributed by atoms with E-state index < -0.39 is 19.3 Å². The highest BCUT2D eigenvalue weighted by Gasteiger charge is 2.68. The van der Waals surface area contributed by atoms with Gasteiger partial charge < -0.3 is 4.74 Å². The van der Waals surface area contributed by atoms with Crippen LogP contribution < -0.4 is 0 Å². The van der Waals surface area contributed by atoms with E-state index in [1.807, 2.05) is 12.2 Å². The summed E-state index contributed by atoms with van der Waals surface area (Å²) in [7, 11) is -3.18. The lowest BCUT2D eigenvalue weighted by Crippen LogP contribution is -2.73. The summed E-state index contributed by atoms with van der Waals surface area (Å²) in [5.41, 5.74) is 0. The Kier molecular flexibility index (Phi) is 2.78. The summed E-state index contributed by atoms with van der Waals surface area (Å²) in [5, 5.41) is 0. The monoisotopic (exact) mass is 277 g/mol. The number of alkyl halides is 1. The smallest absolute Gasteiger partial charge is 0.176 e. The van der Waals surface area contributed by atoms with E-state index in [2.05, 4.69) is 4.90 Å². The number of ether oxygens (including phenoxy) is 1. The molecular formula is C11H16ClNO3S. The van der Waals surface area contributed by atoms with Gasteiger partial charge in [-0.3, -0.25) is 4.90 Å². The van der Waals surface area contributed by atoms with Crippen molar-refractivity contribution in [1.82, 2.24) is 4.90 Å². The van der Waals surface area contributed by atoms with Crippen molar-refractivity contribution in [2.24, 2.45) is 0 Å². The fraction of sp³-hybridized carbons (Fsp3) is 0.818. The molecule has 3 rings (SSSR count). The molecule has 2 atom stereocenters. The number of nitrogens with zero attached hydrogens (tertiary/aromatic N) is 1. The van der Waals surface area contributed by atoms with Gasteiger partial charge in [-0.15, -0.1) is 11.6 Å². The summed E-state index contributed by atoms with van der Waals surface area (Å²) >= 11 is 6.11. The lowest BCUT2D eigenvalue weighted by molar-refractivity contribution is 0.00441. The van der Waals surface area contributed by atoms with Gasteiger partial charge in [0.05, 0.1) is 24.0 Å². The predicted molar refractivity (Wildman–Crippen MR) is 65.8 cm³/mol. The minimum Gasteiger partial charge on any atom is -0.379 e. The van der Waals surface area contributed by atoms with E-state index in [-0.39, 0.29) is 6.04 Å². The SMILES string of the molecule is O=S1(=O)[C@H](Cl)[C@H](N2CCOCC2)C12CC=CC2. The van der Waals surface area contributed by atoms with Crippen molar-refractivity contribution >= 4 is 21.4 Å². The van der Waals surface area contributed by atoms with Crippen LogP contribution in [0.3, 0.4) is 0 Å². The Morgan fingerprint density at radius 1 is 1.24 bits per heavy atom. The van der Waals surface area contributed by atoms with Gasteiger partial charge in [-0.25, -0.2) is 8.42 Å². The molecule has 2 aliphatic heterocycles. The molecule has 0 unspecified atom stereocenters. The normalized spacial score (nSPS) is 39.4. The van der Waals surface area contributed by atoms with Crippen molar-refractivity contribution in [1.29, 1.82) is 0 Å². The van der Waals surface area contributed by atoms with Crippen LogP contribution in [0.1, 0.15) is 12.8 Å². The molecule has 0 saturated carbocycles. The maximum atomic E-state index is 12.2. The molecule has 1 aliphatic carbocycles. The van der Waals surface area contributed by atoms with Crippen molar-refractivity contribution in [3.63, 3.8) is 0 Å². The molecule has 0 N–H and O–H groups in total. The molecule has 6 heteroatoms. The number of morpholine rings is 1. The Labute approximate surface area is 106 Å². The molecule has 0 amide bonds. The van der Waals surface area contributed by atoms with Crippen LogP contribution in [0, 0.1) is 0 Å². The molecule has 0 radical (unpaired) electrons. The molecular weight excluding hydrogens is 262 g/mol. The summed E-state index contributed by atoms with van der Waals surface area (Å²) in [6, 6.07) is -0.0481. The quantitative estimate of drug-likeness (QED) is 0.525. The van der Waals surface area contributed by atoms with Gasteiger partial charge in [0.25, 0.3) is 0 Å². The van der Waals surface area contributed by atoms with E-state index >= 15 is 0 Å². The predicted octanol–water partition coefficient (Wildman–Crippen LogP) is 0.769. The minimum atomic E-state index is -3.18. The summed E-state index contributed by atoms with van der Waals surface area (Å²) in [4.78, 5) is 2.19. The Morgan fingerprint density at radius 2 is 1.82 bits per heavy atom. The lowest BCUT2D eigenvalue weighted by atomic mass is 9.94. The van der Waals surface area contributed by atoms with Gasteiger partial charge in [0.1, 0.15) is 0 Å². The molecule has 4 nitrogen and oxygen atoms in total. The van der Waals surface area contributed by atoms with E-state index in [0.717, 1.165) is 13.1 Å². The van der Waals surface area contributed by atoms with Crippen molar-refractivity contribution in [2.75, 3.05) is 26.3 Å². The third-order valence-electron chi connectivity index (χ3n) is 4.18. The van der Waals surface area contributed by atoms with Gasteiger partial charge in [-0.2, -0.15) is 0 Å². The second kappa shape index (κ2) is 3.95. The number of sulfone groups is 1. The zero-order valence-corrected chi connectivity index (χ0v) is 11.1. The van der Waals surface area contributed by atoms with Crippen LogP contribution in [0.25, 0.3) is 0 Å². The molecule has 2 saturated heterocycles. The van der Waals surface area contributed by atoms with Crippen LogP contribution in [0.5, 0.6) is 0 Å². The third-order valence-corrected chi connectivity index (χ3v) is 7.68. The molecule has 0 aromatic heterocycles. The second-order valence-corrected chi connectivity index (χ2v) is 8.07. The summed E-state index contributed by atoms with van der Waals surface area (Å²) in [6.07, 6.45) is 5.16. The van der Waals surface area contributed by atoms with Gasteiger partial charge in [-0.1, -0.05) is 12.2 Å². The molecule has 2 fully saturated rings. The fourth-order valence-electron chi connectivity index (χ4n) is 3.21. The van der Waals surface area contributed by atoms with Crippen molar-refractivity contribution in [2.45, 2.75) is 28.3 Å². The van der Waals surface area contributed by atoms with E-state index in [1.165, 1.54) is 0 Å². The largest absolute Gasteiger partial charge is 0.379 e. The van der Waals surface area contributed by atoms with Crippen LogP contribution in [-0.2, 0) is 14.6 Å². The first-order valence-corrected chi connectivity index (χ1v) is 7.92. The minimum absolute atomic E-state index is 0.0481. The summed E-state index contributed by atoms with van der Waals surface area (Å²) < 4.78 is 28.3. The number of allylic oxidation sites excluding steroid dienone is 2. The highest BCUT2D eigenvalue weighted by molar-refractivity contribution is 7.96. The third kappa shape index (κ3) is 1.46. The van der Waals surface area contributed by atoms with E-state index in [9.17, 15) is 8.42 Å². The molecule has 1 spiro atoms. The molecule has 3 aliphatic rings. The van der Waals surface area contributed by atoms with Crippen LogP contribution in [-0.4, -0.2) is 55.1 Å². The molecule has 2 heterocycles. The first-order valence-electron chi connectivity index (χ1n) is 5.94. The Hall–Kier alpha value is -0.100. The van der Waals surface area contributed by atoms with Gasteiger partial charge in [0.2, 0.25) is 0 Å². The lowest BCUT2D eigenvalue weighted by Gasteiger charge is -2.55. The van der Waals surface area contributed by atoms with E-state index in [1.54, 1.807) is 0 Å². The molecule has 0 bridgehead atoms. The van der Waals surface area contributed by atoms with Gasteiger partial charge in [0.15, 0.2) is 14.5 Å². The van der Waals surface area contributed by atoms with Gasteiger partial charge >= 0.3 is 0 Å². The van der Waals surface area contributed by atoms with Crippen LogP contribution in [0.15, 0.2) is 12.2 Å². The highest BCUT2D eigenvalue weighted by atomic mass is 35.5. The number of rotatable bonds is 1. The van der Waals surface area contributed by atoms with Crippen LogP contribution in [0.4, 0.5) is 0 Å². The standard InChI is InChI=1S/C11H16ClNO3S/c12-10-9(13-5-7-16-8-6-13)11(17(10,14)15)3-1-2-4-11/h1-2,9-10H,3-8H2/t9-,10-/m0/s1. The maximum Gasteiger partial charge on any atom is 0.176 e. The Morgan fingerprint density at radius 3 is 2.41 bits per heavy atom. The Bertz CT molecular complexity index is 434. The van der Waals surface area contributed by atoms with Crippen molar-refractivity contribution < 1.29 is 13.2 Å².